The van der Waals surface area contributed by atoms with Crippen LogP contribution in [0.15, 0.2) is 0 Å². The Balaban J connectivity index is 0.000000631. The van der Waals surface area contributed by atoms with Crippen molar-refractivity contribution in [2.45, 2.75) is 65.7 Å². The van der Waals surface area contributed by atoms with Crippen molar-refractivity contribution in [2.75, 3.05) is 19.6 Å². The zero-order valence-corrected chi connectivity index (χ0v) is 12.5. The van der Waals surface area contributed by atoms with Crippen molar-refractivity contribution in [3.05, 3.63) is 0 Å². The predicted molar refractivity (Wildman–Crippen MR) is 73.4 cm³/mol. The molecule has 0 spiro atoms. The SMILES string of the molecule is CC(=O)[O-].CCCCCCCC[NH+]1CCC(C)C1. The smallest absolute Gasteiger partial charge is 0.0799 e. The van der Waals surface area contributed by atoms with Crippen LogP contribution in [0.5, 0.6) is 0 Å². The number of hydrogen-bond acceptors (Lipinski definition) is 2. The molecule has 1 saturated heterocycles. The summed E-state index contributed by atoms with van der Waals surface area (Å²) in [5, 5.41) is 8.89. The average Bonchev–Trinajstić information content (AvgIpc) is 2.69. The van der Waals surface area contributed by atoms with E-state index in [0.29, 0.717) is 0 Å². The molecule has 0 saturated carbocycles. The number of likely N-dealkylation sites (tertiary alicyclic amines) is 1. The molecule has 108 valence electrons. The lowest BCUT2D eigenvalue weighted by atomic mass is 10.1. The summed E-state index contributed by atoms with van der Waals surface area (Å²) in [5.41, 5.74) is 0. The highest BCUT2D eigenvalue weighted by molar-refractivity contribution is 5.60. The summed E-state index contributed by atoms with van der Waals surface area (Å²) in [5.74, 6) is -0.0925. The number of hydrogen-bond donors (Lipinski definition) is 1. The van der Waals surface area contributed by atoms with Crippen molar-refractivity contribution in [1.29, 1.82) is 0 Å². The van der Waals surface area contributed by atoms with Crippen LogP contribution in [-0.4, -0.2) is 25.6 Å². The predicted octanol–water partition coefficient (Wildman–Crippen LogP) is 1.03. The maximum absolute atomic E-state index is 8.89. The third-order valence-electron chi connectivity index (χ3n) is 3.51. The number of carbonyl (C=O) groups is 1. The van der Waals surface area contributed by atoms with E-state index in [0.717, 1.165) is 12.8 Å². The normalized spacial score (nSPS) is 22.4. The van der Waals surface area contributed by atoms with E-state index in [1.807, 2.05) is 4.90 Å². The molecule has 18 heavy (non-hydrogen) atoms. The first kappa shape index (κ1) is 17.4. The van der Waals surface area contributed by atoms with Crippen molar-refractivity contribution in [2.24, 2.45) is 5.92 Å². The Labute approximate surface area is 113 Å². The van der Waals surface area contributed by atoms with Crippen LogP contribution in [-0.2, 0) is 4.79 Å². The van der Waals surface area contributed by atoms with Gasteiger partial charge in [0, 0.05) is 18.3 Å². The summed E-state index contributed by atoms with van der Waals surface area (Å²) >= 11 is 0. The van der Waals surface area contributed by atoms with Gasteiger partial charge in [0.1, 0.15) is 0 Å². The zero-order valence-electron chi connectivity index (χ0n) is 12.5. The van der Waals surface area contributed by atoms with E-state index < -0.39 is 5.97 Å². The molecule has 2 unspecified atom stereocenters. The van der Waals surface area contributed by atoms with Gasteiger partial charge in [-0.05, 0) is 19.8 Å². The van der Waals surface area contributed by atoms with Gasteiger partial charge in [0.05, 0.1) is 19.6 Å². The van der Waals surface area contributed by atoms with Crippen LogP contribution in [0, 0.1) is 5.92 Å². The highest BCUT2D eigenvalue weighted by atomic mass is 16.4. The maximum Gasteiger partial charge on any atom is 0.0799 e. The van der Waals surface area contributed by atoms with Gasteiger partial charge in [-0.25, -0.2) is 0 Å². The highest BCUT2D eigenvalue weighted by Crippen LogP contribution is 2.05. The quantitative estimate of drug-likeness (QED) is 0.692. The van der Waals surface area contributed by atoms with E-state index in [1.165, 1.54) is 64.6 Å². The number of unbranched alkanes of at least 4 members (excludes halogenated alkanes) is 5. The summed E-state index contributed by atoms with van der Waals surface area (Å²) in [6, 6.07) is 0. The van der Waals surface area contributed by atoms with Gasteiger partial charge in [0.25, 0.3) is 0 Å². The standard InChI is InChI=1S/C13H27N.C2H4O2/c1-3-4-5-6-7-8-10-14-11-9-13(2)12-14;1-2(3)4/h13H,3-12H2,1-2H3;1H3,(H,3,4). The van der Waals surface area contributed by atoms with Crippen molar-refractivity contribution < 1.29 is 14.8 Å². The van der Waals surface area contributed by atoms with E-state index in [4.69, 9.17) is 9.90 Å². The molecule has 1 fully saturated rings. The monoisotopic (exact) mass is 257 g/mol. The van der Waals surface area contributed by atoms with E-state index in [1.54, 1.807) is 0 Å². The summed E-state index contributed by atoms with van der Waals surface area (Å²) in [7, 11) is 0. The second-order valence-electron chi connectivity index (χ2n) is 5.61. The minimum absolute atomic E-state index is 0.972. The van der Waals surface area contributed by atoms with Crippen LogP contribution in [0.2, 0.25) is 0 Å². The molecule has 0 aliphatic carbocycles. The Morgan fingerprint density at radius 1 is 1.22 bits per heavy atom. The molecule has 0 bridgehead atoms. The Hall–Kier alpha value is -0.570. The Morgan fingerprint density at radius 2 is 1.78 bits per heavy atom. The second-order valence-corrected chi connectivity index (χ2v) is 5.61. The Morgan fingerprint density at radius 3 is 2.28 bits per heavy atom. The van der Waals surface area contributed by atoms with Crippen LogP contribution in [0.4, 0.5) is 0 Å². The van der Waals surface area contributed by atoms with Gasteiger partial charge in [0.15, 0.2) is 0 Å². The minimum Gasteiger partial charge on any atom is -0.550 e. The van der Waals surface area contributed by atoms with Crippen molar-refractivity contribution >= 4 is 5.97 Å². The molecule has 2 atom stereocenters. The summed E-state index contributed by atoms with van der Waals surface area (Å²) in [4.78, 5) is 10.8. The molecule has 1 aliphatic rings. The third-order valence-corrected chi connectivity index (χ3v) is 3.51. The fraction of sp³-hybridized carbons (Fsp3) is 0.933. The topological polar surface area (TPSA) is 44.6 Å². The zero-order chi connectivity index (χ0) is 13.8. The first-order valence-electron chi connectivity index (χ1n) is 7.57. The fourth-order valence-corrected chi connectivity index (χ4v) is 2.53. The van der Waals surface area contributed by atoms with E-state index in [-0.39, 0.29) is 0 Å². The molecule has 0 radical (unpaired) electrons. The molecule has 1 rings (SSSR count). The molecule has 3 nitrogen and oxygen atoms in total. The molecular weight excluding hydrogens is 226 g/mol. The molecular formula is C15H31NO2. The number of carboxylic acid groups (broad SMARTS) is 1. The van der Waals surface area contributed by atoms with Gasteiger partial charge >= 0.3 is 0 Å². The third kappa shape index (κ3) is 11.9. The number of nitrogens with one attached hydrogen (secondary N) is 1. The van der Waals surface area contributed by atoms with Gasteiger partial charge in [-0.1, -0.05) is 39.5 Å². The van der Waals surface area contributed by atoms with Crippen LogP contribution < -0.4 is 10.0 Å². The average molecular weight is 257 g/mol. The van der Waals surface area contributed by atoms with Gasteiger partial charge in [-0.3, -0.25) is 0 Å². The summed E-state index contributed by atoms with van der Waals surface area (Å²) < 4.78 is 0. The van der Waals surface area contributed by atoms with Crippen LogP contribution in [0.25, 0.3) is 0 Å². The minimum atomic E-state index is -1.08. The second kappa shape index (κ2) is 11.5. The summed E-state index contributed by atoms with van der Waals surface area (Å²) in [6.45, 7) is 9.98. The van der Waals surface area contributed by atoms with E-state index in [2.05, 4.69) is 13.8 Å². The van der Waals surface area contributed by atoms with Gasteiger partial charge < -0.3 is 14.8 Å². The fourth-order valence-electron chi connectivity index (χ4n) is 2.53. The van der Waals surface area contributed by atoms with Crippen LogP contribution >= 0.6 is 0 Å². The Bertz CT molecular complexity index is 203. The number of rotatable bonds is 7. The number of quaternary nitrogens is 1. The number of aliphatic carboxylic acids is 1. The lowest BCUT2D eigenvalue weighted by Crippen LogP contribution is -3.10. The highest BCUT2D eigenvalue weighted by Gasteiger charge is 2.21. The first-order valence-corrected chi connectivity index (χ1v) is 7.57. The molecule has 0 aromatic carbocycles. The van der Waals surface area contributed by atoms with Crippen molar-refractivity contribution in [1.82, 2.24) is 0 Å². The van der Waals surface area contributed by atoms with E-state index in [9.17, 15) is 0 Å². The van der Waals surface area contributed by atoms with Crippen molar-refractivity contribution in [3.8, 4) is 0 Å². The van der Waals surface area contributed by atoms with Crippen molar-refractivity contribution in [3.63, 3.8) is 0 Å². The molecule has 1 aliphatic heterocycles. The van der Waals surface area contributed by atoms with Crippen LogP contribution in [0.3, 0.4) is 0 Å². The van der Waals surface area contributed by atoms with E-state index >= 15 is 0 Å². The molecule has 3 heteroatoms. The lowest BCUT2D eigenvalue weighted by Gasteiger charge is -2.11. The molecule has 1 N–H and O–H groups in total. The molecule has 0 aromatic rings. The van der Waals surface area contributed by atoms with Gasteiger partial charge in [0.2, 0.25) is 0 Å². The first-order chi connectivity index (χ1) is 8.56. The summed E-state index contributed by atoms with van der Waals surface area (Å²) in [6.07, 6.45) is 10.1. The van der Waals surface area contributed by atoms with Gasteiger partial charge in [-0.15, -0.1) is 0 Å². The Kier molecular flexibility index (Phi) is 11.2. The largest absolute Gasteiger partial charge is 0.550 e. The van der Waals surface area contributed by atoms with Crippen LogP contribution in [0.1, 0.15) is 65.7 Å². The molecule has 0 aromatic heterocycles. The maximum atomic E-state index is 8.89. The number of carbonyl (C=O) groups excluding carboxylic acids is 1. The number of carboxylic acids is 1. The van der Waals surface area contributed by atoms with Gasteiger partial charge in [-0.2, -0.15) is 0 Å². The lowest BCUT2D eigenvalue weighted by molar-refractivity contribution is -0.889. The molecule has 0 amide bonds. The molecule has 1 heterocycles.